The molecule has 0 radical (unpaired) electrons. The van der Waals surface area contributed by atoms with Crippen molar-refractivity contribution in [3.8, 4) is 17.2 Å². The second kappa shape index (κ2) is 11.1. The number of ether oxygens (including phenoxy) is 3. The van der Waals surface area contributed by atoms with Gasteiger partial charge >= 0.3 is 0 Å². The fourth-order valence-electron chi connectivity index (χ4n) is 3.42. The maximum atomic E-state index is 12.7. The summed E-state index contributed by atoms with van der Waals surface area (Å²) in [7, 11) is -0.646. The Bertz CT molecular complexity index is 1290. The lowest BCUT2D eigenvalue weighted by atomic mass is 10.1. The highest BCUT2D eigenvalue weighted by molar-refractivity contribution is 7.92. The summed E-state index contributed by atoms with van der Waals surface area (Å²) in [6.07, 6.45) is 0. The molecule has 1 atom stereocenters. The van der Waals surface area contributed by atoms with Crippen molar-refractivity contribution in [3.63, 3.8) is 0 Å². The maximum Gasteiger partial charge on any atom is 0.261 e. The predicted molar refractivity (Wildman–Crippen MR) is 135 cm³/mol. The molecule has 9 heteroatoms. The summed E-state index contributed by atoms with van der Waals surface area (Å²) < 4.78 is 44.2. The Kier molecular flexibility index (Phi) is 8.24. The number of anilines is 1. The Morgan fingerprint density at radius 3 is 2.17 bits per heavy atom. The van der Waals surface area contributed by atoms with Crippen LogP contribution in [0.2, 0.25) is 0 Å². The van der Waals surface area contributed by atoms with Crippen LogP contribution >= 0.6 is 0 Å². The van der Waals surface area contributed by atoms with Gasteiger partial charge in [-0.1, -0.05) is 23.8 Å². The molecule has 0 bridgehead atoms. The number of hydrogen-bond donors (Lipinski definition) is 2. The molecule has 0 aliphatic carbocycles. The van der Waals surface area contributed by atoms with Crippen molar-refractivity contribution in [2.45, 2.75) is 31.7 Å². The van der Waals surface area contributed by atoms with E-state index in [1.54, 1.807) is 51.5 Å². The Hall–Kier alpha value is -3.72. The molecule has 3 aromatic rings. The molecule has 0 aromatic heterocycles. The number of benzene rings is 3. The third-order valence-electron chi connectivity index (χ3n) is 5.40. The third-order valence-corrected chi connectivity index (χ3v) is 6.78. The Morgan fingerprint density at radius 1 is 0.886 bits per heavy atom. The summed E-state index contributed by atoms with van der Waals surface area (Å²) in [5.74, 6) is 1.29. The van der Waals surface area contributed by atoms with Crippen LogP contribution in [0.4, 0.5) is 5.69 Å². The SMILES string of the molecule is COc1ccc([C@@H](C)NC(=O)COc2ccc(S(=O)(=O)Nc3ccc(C)cc3)cc2C)cc1OC. The van der Waals surface area contributed by atoms with Crippen LogP contribution in [0.25, 0.3) is 0 Å². The van der Waals surface area contributed by atoms with E-state index in [2.05, 4.69) is 10.0 Å². The van der Waals surface area contributed by atoms with Gasteiger partial charge in [0, 0.05) is 5.69 Å². The Labute approximate surface area is 206 Å². The van der Waals surface area contributed by atoms with Crippen LogP contribution in [0.3, 0.4) is 0 Å². The largest absolute Gasteiger partial charge is 0.493 e. The molecule has 1 amide bonds. The average molecular weight is 499 g/mol. The van der Waals surface area contributed by atoms with Gasteiger partial charge in [-0.3, -0.25) is 9.52 Å². The van der Waals surface area contributed by atoms with E-state index in [4.69, 9.17) is 14.2 Å². The minimum atomic E-state index is -3.76. The molecule has 0 saturated carbocycles. The first-order valence-corrected chi connectivity index (χ1v) is 12.5. The van der Waals surface area contributed by atoms with E-state index < -0.39 is 10.0 Å². The molecular weight excluding hydrogens is 468 g/mol. The fraction of sp³-hybridized carbons (Fsp3) is 0.269. The molecular formula is C26H30N2O6S. The molecule has 8 nitrogen and oxygen atoms in total. The maximum absolute atomic E-state index is 12.7. The van der Waals surface area contributed by atoms with Gasteiger partial charge in [-0.2, -0.15) is 0 Å². The van der Waals surface area contributed by atoms with Crippen LogP contribution in [0, 0.1) is 13.8 Å². The number of nitrogens with one attached hydrogen (secondary N) is 2. The molecule has 0 spiro atoms. The lowest BCUT2D eigenvalue weighted by Crippen LogP contribution is -2.31. The minimum Gasteiger partial charge on any atom is -0.493 e. The van der Waals surface area contributed by atoms with Crippen molar-refractivity contribution in [3.05, 3.63) is 77.4 Å². The van der Waals surface area contributed by atoms with Crippen LogP contribution < -0.4 is 24.2 Å². The first-order valence-electron chi connectivity index (χ1n) is 11.0. The number of amides is 1. The first-order chi connectivity index (χ1) is 16.6. The van der Waals surface area contributed by atoms with Gasteiger partial charge in [0.15, 0.2) is 18.1 Å². The molecule has 0 heterocycles. The lowest BCUT2D eigenvalue weighted by molar-refractivity contribution is -0.123. The van der Waals surface area contributed by atoms with Gasteiger partial charge in [0.2, 0.25) is 0 Å². The van der Waals surface area contributed by atoms with Crippen LogP contribution in [0.5, 0.6) is 17.2 Å². The van der Waals surface area contributed by atoms with Gasteiger partial charge in [0.1, 0.15) is 5.75 Å². The molecule has 0 aliphatic heterocycles. The van der Waals surface area contributed by atoms with Crippen LogP contribution in [0.1, 0.15) is 29.7 Å². The summed E-state index contributed by atoms with van der Waals surface area (Å²) in [6.45, 7) is 5.29. The highest BCUT2D eigenvalue weighted by atomic mass is 32.2. The van der Waals surface area contributed by atoms with E-state index in [1.807, 2.05) is 32.0 Å². The lowest BCUT2D eigenvalue weighted by Gasteiger charge is -2.17. The molecule has 3 rings (SSSR count). The Balaban J connectivity index is 1.60. The number of carbonyl (C=O) groups excluding carboxylic acids is 1. The van der Waals surface area contributed by atoms with Crippen LogP contribution in [-0.2, 0) is 14.8 Å². The monoisotopic (exact) mass is 498 g/mol. The van der Waals surface area contributed by atoms with Crippen molar-refractivity contribution in [1.82, 2.24) is 5.32 Å². The summed E-state index contributed by atoms with van der Waals surface area (Å²) >= 11 is 0. The Morgan fingerprint density at radius 2 is 1.54 bits per heavy atom. The molecule has 0 fully saturated rings. The van der Waals surface area contributed by atoms with Gasteiger partial charge < -0.3 is 19.5 Å². The van der Waals surface area contributed by atoms with Gasteiger partial charge in [-0.05, 0) is 74.4 Å². The number of aryl methyl sites for hydroxylation is 2. The number of carbonyl (C=O) groups is 1. The summed E-state index contributed by atoms with van der Waals surface area (Å²) in [4.78, 5) is 12.6. The molecule has 0 saturated heterocycles. The van der Waals surface area contributed by atoms with Crippen molar-refractivity contribution in [2.24, 2.45) is 0 Å². The smallest absolute Gasteiger partial charge is 0.261 e. The van der Waals surface area contributed by atoms with E-state index in [9.17, 15) is 13.2 Å². The highest BCUT2D eigenvalue weighted by Crippen LogP contribution is 2.30. The molecule has 3 aromatic carbocycles. The number of hydrogen-bond acceptors (Lipinski definition) is 6. The zero-order chi connectivity index (χ0) is 25.6. The molecule has 186 valence electrons. The summed E-state index contributed by atoms with van der Waals surface area (Å²) in [5, 5.41) is 2.88. The second-order valence-corrected chi connectivity index (χ2v) is 9.77. The van der Waals surface area contributed by atoms with Gasteiger partial charge in [0.05, 0.1) is 25.2 Å². The third kappa shape index (κ3) is 6.66. The first kappa shape index (κ1) is 25.9. The quantitative estimate of drug-likeness (QED) is 0.430. The molecule has 2 N–H and O–H groups in total. The van der Waals surface area contributed by atoms with E-state index >= 15 is 0 Å². The predicted octanol–water partition coefficient (Wildman–Crippen LogP) is 4.38. The standard InChI is InChI=1S/C26H30N2O6S/c1-17-6-9-21(10-7-17)28-35(30,31)22-11-13-23(18(2)14-22)34-16-26(29)27-19(3)20-8-12-24(32-4)25(15-20)33-5/h6-15,19,28H,16H2,1-5H3,(H,27,29)/t19-/m1/s1. The van der Waals surface area contributed by atoms with Crippen molar-refractivity contribution in [1.29, 1.82) is 0 Å². The van der Waals surface area contributed by atoms with Gasteiger partial charge in [0.25, 0.3) is 15.9 Å². The van der Waals surface area contributed by atoms with Crippen LogP contribution in [-0.4, -0.2) is 35.2 Å². The number of methoxy groups -OCH3 is 2. The van der Waals surface area contributed by atoms with Gasteiger partial charge in [-0.15, -0.1) is 0 Å². The fourth-order valence-corrected chi connectivity index (χ4v) is 4.56. The topological polar surface area (TPSA) is 103 Å². The van der Waals surface area contributed by atoms with Crippen LogP contribution in [0.15, 0.2) is 65.6 Å². The van der Waals surface area contributed by atoms with E-state index in [0.29, 0.717) is 28.5 Å². The molecule has 35 heavy (non-hydrogen) atoms. The summed E-state index contributed by atoms with van der Waals surface area (Å²) in [6, 6.07) is 16.7. The molecule has 0 aliphatic rings. The zero-order valence-corrected chi connectivity index (χ0v) is 21.2. The minimum absolute atomic E-state index is 0.106. The van der Waals surface area contributed by atoms with Gasteiger partial charge in [-0.25, -0.2) is 8.42 Å². The van der Waals surface area contributed by atoms with Crippen molar-refractivity contribution >= 4 is 21.6 Å². The normalized spacial score (nSPS) is 11.9. The number of sulfonamides is 1. The van der Waals surface area contributed by atoms with Crippen molar-refractivity contribution in [2.75, 3.05) is 25.5 Å². The number of rotatable bonds is 10. The van der Waals surface area contributed by atoms with Crippen molar-refractivity contribution < 1.29 is 27.4 Å². The zero-order valence-electron chi connectivity index (χ0n) is 20.4. The summed E-state index contributed by atoms with van der Waals surface area (Å²) in [5.41, 5.74) is 2.96. The van der Waals surface area contributed by atoms with E-state index in [-0.39, 0.29) is 23.5 Å². The second-order valence-electron chi connectivity index (χ2n) is 8.09. The molecule has 0 unspecified atom stereocenters. The van der Waals surface area contributed by atoms with E-state index in [0.717, 1.165) is 11.1 Å². The van der Waals surface area contributed by atoms with E-state index in [1.165, 1.54) is 12.1 Å². The average Bonchev–Trinajstić information content (AvgIpc) is 2.84. The highest BCUT2D eigenvalue weighted by Gasteiger charge is 2.17.